The number of methoxy groups -OCH3 is 1. The topological polar surface area (TPSA) is 64.3 Å². The molecule has 2 aromatic rings. The van der Waals surface area contributed by atoms with Gasteiger partial charge in [0.2, 0.25) is 0 Å². The van der Waals surface area contributed by atoms with Crippen molar-refractivity contribution in [1.29, 1.82) is 0 Å². The molecule has 4 nitrogen and oxygen atoms in total. The fourth-order valence-corrected chi connectivity index (χ4v) is 2.55. The van der Waals surface area contributed by atoms with Gasteiger partial charge in [0.25, 0.3) is 5.91 Å². The van der Waals surface area contributed by atoms with Crippen LogP contribution >= 0.6 is 11.3 Å². The van der Waals surface area contributed by atoms with Crippen molar-refractivity contribution in [2.24, 2.45) is 0 Å². The Morgan fingerprint density at radius 3 is 2.95 bits per heavy atom. The first kappa shape index (κ1) is 13.4. The normalized spacial score (nSPS) is 10.2. The van der Waals surface area contributed by atoms with E-state index in [4.69, 9.17) is 10.5 Å². The summed E-state index contributed by atoms with van der Waals surface area (Å²) in [7, 11) is 1.56. The summed E-state index contributed by atoms with van der Waals surface area (Å²) >= 11 is 1.36. The molecule has 0 bridgehead atoms. The lowest BCUT2D eigenvalue weighted by Gasteiger charge is -2.09. The van der Waals surface area contributed by atoms with Gasteiger partial charge >= 0.3 is 0 Å². The highest BCUT2D eigenvalue weighted by molar-refractivity contribution is 7.12. The Morgan fingerprint density at radius 1 is 1.42 bits per heavy atom. The average Bonchev–Trinajstić information content (AvgIpc) is 2.88. The van der Waals surface area contributed by atoms with Crippen LogP contribution in [0.5, 0.6) is 5.75 Å². The highest BCUT2D eigenvalue weighted by Crippen LogP contribution is 2.24. The minimum atomic E-state index is -0.131. The fourth-order valence-electron chi connectivity index (χ4n) is 1.77. The van der Waals surface area contributed by atoms with E-state index >= 15 is 0 Å². The highest BCUT2D eigenvalue weighted by atomic mass is 32.1. The molecule has 0 aliphatic heterocycles. The van der Waals surface area contributed by atoms with Crippen LogP contribution in [0.4, 0.5) is 5.69 Å². The van der Waals surface area contributed by atoms with Crippen LogP contribution in [0, 0.1) is 6.92 Å². The summed E-state index contributed by atoms with van der Waals surface area (Å²) in [6.45, 7) is 2.40. The Kier molecular flexibility index (Phi) is 4.06. The van der Waals surface area contributed by atoms with Gasteiger partial charge in [-0.15, -0.1) is 11.3 Å². The van der Waals surface area contributed by atoms with Crippen molar-refractivity contribution < 1.29 is 9.53 Å². The molecule has 0 aliphatic rings. The van der Waals surface area contributed by atoms with E-state index in [2.05, 4.69) is 5.32 Å². The van der Waals surface area contributed by atoms with E-state index in [1.54, 1.807) is 13.2 Å². The third-order valence-electron chi connectivity index (χ3n) is 2.98. The Morgan fingerprint density at radius 2 is 2.21 bits per heavy atom. The van der Waals surface area contributed by atoms with Gasteiger partial charge in [0.05, 0.1) is 7.11 Å². The molecule has 0 aliphatic carbocycles. The molecule has 100 valence electrons. The van der Waals surface area contributed by atoms with E-state index < -0.39 is 0 Å². The van der Waals surface area contributed by atoms with Gasteiger partial charge in [0.1, 0.15) is 10.6 Å². The zero-order valence-electron chi connectivity index (χ0n) is 10.9. The van der Waals surface area contributed by atoms with Crippen LogP contribution < -0.4 is 15.8 Å². The first-order chi connectivity index (χ1) is 9.13. The van der Waals surface area contributed by atoms with Gasteiger partial charge in [-0.1, -0.05) is 12.1 Å². The lowest BCUT2D eigenvalue weighted by atomic mass is 10.1. The van der Waals surface area contributed by atoms with Gasteiger partial charge < -0.3 is 15.8 Å². The van der Waals surface area contributed by atoms with Crippen LogP contribution in [-0.2, 0) is 6.54 Å². The van der Waals surface area contributed by atoms with Gasteiger partial charge in [-0.05, 0) is 35.6 Å². The number of thiophene rings is 1. The molecule has 0 radical (unpaired) electrons. The number of nitrogens with one attached hydrogen (secondary N) is 1. The van der Waals surface area contributed by atoms with Crippen molar-refractivity contribution in [2.45, 2.75) is 13.5 Å². The Labute approximate surface area is 116 Å². The predicted molar refractivity (Wildman–Crippen MR) is 77.6 cm³/mol. The molecule has 1 aromatic carbocycles. The van der Waals surface area contributed by atoms with Crippen molar-refractivity contribution in [1.82, 2.24) is 5.32 Å². The molecule has 1 heterocycles. The minimum absolute atomic E-state index is 0.131. The maximum atomic E-state index is 12.0. The van der Waals surface area contributed by atoms with Crippen molar-refractivity contribution in [3.63, 3.8) is 0 Å². The second-order valence-corrected chi connectivity index (χ2v) is 5.05. The van der Waals surface area contributed by atoms with Crippen molar-refractivity contribution in [3.05, 3.63) is 45.6 Å². The summed E-state index contributed by atoms with van der Waals surface area (Å²) < 4.78 is 5.13. The van der Waals surface area contributed by atoms with E-state index in [0.29, 0.717) is 17.2 Å². The molecule has 0 atom stereocenters. The number of ether oxygens (including phenoxy) is 1. The highest BCUT2D eigenvalue weighted by Gasteiger charge is 2.13. The molecule has 19 heavy (non-hydrogen) atoms. The number of rotatable bonds is 4. The standard InChI is InChI=1S/C14H16N2O2S/c1-9-10(4-3-5-11(9)15)8-16-14(17)13-12(18-2)6-7-19-13/h3-7H,8,15H2,1-2H3,(H,16,17). The molecule has 0 unspecified atom stereocenters. The summed E-state index contributed by atoms with van der Waals surface area (Å²) in [6, 6.07) is 7.47. The number of nitrogen functional groups attached to an aromatic ring is 1. The molecular formula is C14H16N2O2S. The van der Waals surface area contributed by atoms with Gasteiger partial charge in [0, 0.05) is 12.2 Å². The second-order valence-electron chi connectivity index (χ2n) is 4.13. The molecule has 0 saturated carbocycles. The maximum Gasteiger partial charge on any atom is 0.265 e. The summed E-state index contributed by atoms with van der Waals surface area (Å²) in [5.41, 5.74) is 8.59. The van der Waals surface area contributed by atoms with Crippen molar-refractivity contribution in [2.75, 3.05) is 12.8 Å². The van der Waals surface area contributed by atoms with Crippen molar-refractivity contribution >= 4 is 22.9 Å². The van der Waals surface area contributed by atoms with Crippen LogP contribution in [0.1, 0.15) is 20.8 Å². The quantitative estimate of drug-likeness (QED) is 0.844. The van der Waals surface area contributed by atoms with E-state index in [9.17, 15) is 4.79 Å². The molecule has 2 rings (SSSR count). The SMILES string of the molecule is COc1ccsc1C(=O)NCc1cccc(N)c1C. The van der Waals surface area contributed by atoms with E-state index in [1.807, 2.05) is 30.5 Å². The number of hydrogen-bond acceptors (Lipinski definition) is 4. The van der Waals surface area contributed by atoms with Crippen molar-refractivity contribution in [3.8, 4) is 5.75 Å². The molecule has 0 fully saturated rings. The number of carbonyl (C=O) groups is 1. The molecule has 5 heteroatoms. The average molecular weight is 276 g/mol. The number of benzene rings is 1. The monoisotopic (exact) mass is 276 g/mol. The summed E-state index contributed by atoms with van der Waals surface area (Å²) in [5.74, 6) is 0.473. The van der Waals surface area contributed by atoms with Gasteiger partial charge in [-0.25, -0.2) is 0 Å². The third kappa shape index (κ3) is 2.88. The summed E-state index contributed by atoms with van der Waals surface area (Å²) in [5, 5.41) is 4.71. The first-order valence-electron chi connectivity index (χ1n) is 5.87. The lowest BCUT2D eigenvalue weighted by molar-refractivity contribution is 0.0952. The maximum absolute atomic E-state index is 12.0. The largest absolute Gasteiger partial charge is 0.495 e. The number of nitrogens with two attached hydrogens (primary N) is 1. The minimum Gasteiger partial charge on any atom is -0.495 e. The molecule has 0 saturated heterocycles. The summed E-state index contributed by atoms with van der Waals surface area (Å²) in [4.78, 5) is 12.6. The first-order valence-corrected chi connectivity index (χ1v) is 6.75. The smallest absolute Gasteiger partial charge is 0.265 e. The van der Waals surface area contributed by atoms with E-state index in [0.717, 1.165) is 16.8 Å². The van der Waals surface area contributed by atoms with E-state index in [1.165, 1.54) is 11.3 Å². The van der Waals surface area contributed by atoms with Gasteiger partial charge in [0.15, 0.2) is 0 Å². The van der Waals surface area contributed by atoms with Gasteiger partial charge in [-0.3, -0.25) is 4.79 Å². The predicted octanol–water partition coefficient (Wildman–Crippen LogP) is 2.58. The van der Waals surface area contributed by atoms with Crippen LogP contribution in [0.15, 0.2) is 29.6 Å². The molecular weight excluding hydrogens is 260 g/mol. The Bertz CT molecular complexity index is 593. The second kappa shape index (κ2) is 5.75. The summed E-state index contributed by atoms with van der Waals surface area (Å²) in [6.07, 6.45) is 0. The molecule has 0 spiro atoms. The fraction of sp³-hybridized carbons (Fsp3) is 0.214. The Balaban J connectivity index is 2.07. The Hall–Kier alpha value is -2.01. The number of carbonyl (C=O) groups excluding carboxylic acids is 1. The van der Waals surface area contributed by atoms with Crippen LogP contribution in [0.2, 0.25) is 0 Å². The van der Waals surface area contributed by atoms with Crippen LogP contribution in [0.3, 0.4) is 0 Å². The van der Waals surface area contributed by atoms with E-state index in [-0.39, 0.29) is 5.91 Å². The van der Waals surface area contributed by atoms with Gasteiger partial charge in [-0.2, -0.15) is 0 Å². The number of amides is 1. The zero-order chi connectivity index (χ0) is 13.8. The number of anilines is 1. The molecule has 1 aromatic heterocycles. The molecule has 3 N–H and O–H groups in total. The molecule has 1 amide bonds. The zero-order valence-corrected chi connectivity index (χ0v) is 11.7. The third-order valence-corrected chi connectivity index (χ3v) is 3.88. The van der Waals surface area contributed by atoms with Crippen LogP contribution in [0.25, 0.3) is 0 Å². The number of hydrogen-bond donors (Lipinski definition) is 2. The van der Waals surface area contributed by atoms with Crippen LogP contribution in [-0.4, -0.2) is 13.0 Å². The lowest BCUT2D eigenvalue weighted by Crippen LogP contribution is -2.22.